The van der Waals surface area contributed by atoms with E-state index in [1.807, 2.05) is 0 Å². The molecular weight excluding hydrogens is 442 g/mol. The van der Waals surface area contributed by atoms with Crippen LogP contribution in [0.4, 0.5) is 5.69 Å². The number of rotatable bonds is 10. The Balaban J connectivity index is 1.48. The Hall–Kier alpha value is -3.03. The maximum absolute atomic E-state index is 12.9. The molecule has 4 rings (SSSR count). The first-order valence-electron chi connectivity index (χ1n) is 11.1. The summed E-state index contributed by atoms with van der Waals surface area (Å²) in [7, 11) is 1.58. The molecule has 174 valence electrons. The molecule has 0 spiro atoms. The minimum absolute atomic E-state index is 0.278. The second-order valence-corrected chi connectivity index (χ2v) is 8.64. The first-order chi connectivity index (χ1) is 16.0. The normalized spacial score (nSPS) is 14.1. The molecule has 8 heteroatoms. The summed E-state index contributed by atoms with van der Waals surface area (Å²) in [6.45, 7) is 2.49. The number of ether oxygens (including phenoxy) is 2. The topological polar surface area (TPSA) is 85.6 Å². The molecule has 1 fully saturated rings. The predicted octanol–water partition coefficient (Wildman–Crippen LogP) is 5.09. The third-order valence-corrected chi connectivity index (χ3v) is 6.22. The van der Waals surface area contributed by atoms with Crippen LogP contribution < -0.4 is 14.8 Å². The number of hydrogen-bond acceptors (Lipinski definition) is 5. The molecule has 1 unspecified atom stereocenters. The van der Waals surface area contributed by atoms with Crippen molar-refractivity contribution in [3.8, 4) is 17.2 Å². The number of methoxy groups -OCH3 is 1. The summed E-state index contributed by atoms with van der Waals surface area (Å²) in [5.41, 5.74) is 1.84. The molecule has 1 atom stereocenters. The summed E-state index contributed by atoms with van der Waals surface area (Å²) in [6.07, 6.45) is 5.25. The van der Waals surface area contributed by atoms with E-state index in [9.17, 15) is 9.90 Å². The lowest BCUT2D eigenvalue weighted by atomic mass is 10.0. The zero-order valence-corrected chi connectivity index (χ0v) is 19.5. The fourth-order valence-corrected chi connectivity index (χ4v) is 3.98. The molecule has 1 saturated carbocycles. The molecule has 0 saturated heterocycles. The van der Waals surface area contributed by atoms with Crippen LogP contribution in [-0.2, 0) is 6.61 Å². The van der Waals surface area contributed by atoms with Gasteiger partial charge in [-0.1, -0.05) is 18.5 Å². The minimum atomic E-state index is -0.380. The number of carbonyl (C=O) groups is 1. The number of aromatic nitrogens is 2. The second kappa shape index (κ2) is 10.3. The first-order valence-corrected chi connectivity index (χ1v) is 11.5. The summed E-state index contributed by atoms with van der Waals surface area (Å²) in [4.78, 5) is 12.9. The number of aliphatic hydroxyl groups is 1. The van der Waals surface area contributed by atoms with Crippen LogP contribution in [0.1, 0.15) is 42.2 Å². The summed E-state index contributed by atoms with van der Waals surface area (Å²) >= 11 is 5.95. The molecule has 2 aromatic carbocycles. The van der Waals surface area contributed by atoms with Gasteiger partial charge in [0, 0.05) is 23.0 Å². The van der Waals surface area contributed by atoms with Crippen molar-refractivity contribution in [2.45, 2.75) is 32.8 Å². The Morgan fingerprint density at radius 3 is 2.64 bits per heavy atom. The van der Waals surface area contributed by atoms with Crippen LogP contribution in [0.2, 0.25) is 5.02 Å². The van der Waals surface area contributed by atoms with Crippen molar-refractivity contribution in [1.29, 1.82) is 0 Å². The molecule has 1 aliphatic rings. The summed E-state index contributed by atoms with van der Waals surface area (Å²) in [6, 6.07) is 12.4. The van der Waals surface area contributed by atoms with Crippen LogP contribution in [0, 0.1) is 11.8 Å². The van der Waals surface area contributed by atoms with E-state index < -0.39 is 0 Å². The van der Waals surface area contributed by atoms with E-state index in [2.05, 4.69) is 17.3 Å². The lowest BCUT2D eigenvalue weighted by molar-refractivity contribution is 0.102. The standard InChI is InChI=1S/C25H28ClN3O4/c1-3-16(17-4-5-17)15-33-23-11-8-19(12-24(23)32-2)27-25(31)21-13-29(28-22(21)14-30)20-9-6-18(26)7-10-20/h6-13,16-17,30H,3-5,14-15H2,1-2H3,(H,27,31). The number of carbonyl (C=O) groups excluding carboxylic acids is 1. The highest BCUT2D eigenvalue weighted by Gasteiger charge is 2.30. The fourth-order valence-electron chi connectivity index (χ4n) is 3.86. The fraction of sp³-hybridized carbons (Fsp3) is 0.360. The molecule has 7 nitrogen and oxygen atoms in total. The number of amides is 1. The zero-order chi connectivity index (χ0) is 23.4. The van der Waals surface area contributed by atoms with Crippen LogP contribution in [0.5, 0.6) is 11.5 Å². The lowest BCUT2D eigenvalue weighted by Crippen LogP contribution is -2.14. The van der Waals surface area contributed by atoms with Crippen LogP contribution in [-0.4, -0.2) is 34.5 Å². The smallest absolute Gasteiger partial charge is 0.259 e. The number of aliphatic hydroxyl groups excluding tert-OH is 1. The molecule has 3 aromatic rings. The van der Waals surface area contributed by atoms with Gasteiger partial charge in [-0.2, -0.15) is 5.10 Å². The number of benzene rings is 2. The maximum atomic E-state index is 12.9. The van der Waals surface area contributed by atoms with Crippen LogP contribution >= 0.6 is 11.6 Å². The van der Waals surface area contributed by atoms with Crippen LogP contribution in [0.3, 0.4) is 0 Å². The second-order valence-electron chi connectivity index (χ2n) is 8.21. The van der Waals surface area contributed by atoms with Crippen LogP contribution in [0.25, 0.3) is 5.69 Å². The monoisotopic (exact) mass is 469 g/mol. The summed E-state index contributed by atoms with van der Waals surface area (Å²) < 4.78 is 13.1. The van der Waals surface area contributed by atoms with E-state index in [1.165, 1.54) is 12.8 Å². The Morgan fingerprint density at radius 2 is 2.00 bits per heavy atom. The highest BCUT2D eigenvalue weighted by molar-refractivity contribution is 6.30. The van der Waals surface area contributed by atoms with Gasteiger partial charge in [0.2, 0.25) is 0 Å². The van der Waals surface area contributed by atoms with Crippen molar-refractivity contribution >= 4 is 23.2 Å². The molecule has 1 heterocycles. The van der Waals surface area contributed by atoms with Gasteiger partial charge >= 0.3 is 0 Å². The lowest BCUT2D eigenvalue weighted by Gasteiger charge is -2.17. The number of hydrogen-bond donors (Lipinski definition) is 2. The predicted molar refractivity (Wildman–Crippen MR) is 127 cm³/mol. The quantitative estimate of drug-likeness (QED) is 0.431. The van der Waals surface area contributed by atoms with Gasteiger partial charge in [-0.05, 0) is 67.5 Å². The van der Waals surface area contributed by atoms with E-state index in [0.717, 1.165) is 18.0 Å². The van der Waals surface area contributed by atoms with E-state index in [4.69, 9.17) is 21.1 Å². The third-order valence-electron chi connectivity index (χ3n) is 5.96. The van der Waals surface area contributed by atoms with Crippen molar-refractivity contribution in [2.75, 3.05) is 19.0 Å². The molecule has 0 bridgehead atoms. The highest BCUT2D eigenvalue weighted by Crippen LogP contribution is 2.39. The average Bonchev–Trinajstić information content (AvgIpc) is 3.58. The number of nitrogens with one attached hydrogen (secondary N) is 1. The van der Waals surface area contributed by atoms with Crippen LogP contribution in [0.15, 0.2) is 48.7 Å². The Labute approximate surface area is 198 Å². The molecule has 1 aliphatic carbocycles. The largest absolute Gasteiger partial charge is 0.493 e. The van der Waals surface area contributed by atoms with E-state index in [0.29, 0.717) is 34.7 Å². The van der Waals surface area contributed by atoms with Gasteiger partial charge in [0.05, 0.1) is 31.6 Å². The Bertz CT molecular complexity index is 1110. The average molecular weight is 470 g/mol. The molecule has 2 N–H and O–H groups in total. The van der Waals surface area contributed by atoms with Gasteiger partial charge < -0.3 is 19.9 Å². The SMILES string of the molecule is CCC(COc1ccc(NC(=O)c2cn(-c3ccc(Cl)cc3)nc2CO)cc1OC)C1CC1. The first kappa shape index (κ1) is 23.1. The molecule has 1 aromatic heterocycles. The number of anilines is 1. The maximum Gasteiger partial charge on any atom is 0.259 e. The van der Waals surface area contributed by atoms with Gasteiger partial charge in [-0.3, -0.25) is 4.79 Å². The molecule has 0 aliphatic heterocycles. The van der Waals surface area contributed by atoms with Gasteiger partial charge in [-0.15, -0.1) is 0 Å². The van der Waals surface area contributed by atoms with Gasteiger partial charge in [0.1, 0.15) is 5.69 Å². The van der Waals surface area contributed by atoms with E-state index in [1.54, 1.807) is 60.5 Å². The van der Waals surface area contributed by atoms with Crippen molar-refractivity contribution in [2.24, 2.45) is 11.8 Å². The molecular formula is C25H28ClN3O4. The zero-order valence-electron chi connectivity index (χ0n) is 18.8. The van der Waals surface area contributed by atoms with Crippen molar-refractivity contribution in [3.63, 3.8) is 0 Å². The molecule has 1 amide bonds. The van der Waals surface area contributed by atoms with Crippen molar-refractivity contribution in [1.82, 2.24) is 9.78 Å². The summed E-state index contributed by atoms with van der Waals surface area (Å²) in [5, 5.41) is 17.5. The third kappa shape index (κ3) is 5.49. The van der Waals surface area contributed by atoms with Gasteiger partial charge in [0.25, 0.3) is 5.91 Å². The molecule has 33 heavy (non-hydrogen) atoms. The number of nitrogens with zero attached hydrogens (tertiary/aromatic N) is 2. The van der Waals surface area contributed by atoms with Gasteiger partial charge in [-0.25, -0.2) is 4.68 Å². The minimum Gasteiger partial charge on any atom is -0.493 e. The van der Waals surface area contributed by atoms with E-state index >= 15 is 0 Å². The van der Waals surface area contributed by atoms with Gasteiger partial charge in [0.15, 0.2) is 11.5 Å². The van der Waals surface area contributed by atoms with Crippen molar-refractivity contribution < 1.29 is 19.4 Å². The number of halogens is 1. The Morgan fingerprint density at radius 1 is 1.24 bits per heavy atom. The molecule has 0 radical (unpaired) electrons. The van der Waals surface area contributed by atoms with E-state index in [-0.39, 0.29) is 23.8 Å². The summed E-state index contributed by atoms with van der Waals surface area (Å²) in [5.74, 6) is 2.16. The van der Waals surface area contributed by atoms with Crippen molar-refractivity contribution in [3.05, 3.63) is 64.9 Å². The Kier molecular flexibility index (Phi) is 7.20. The highest BCUT2D eigenvalue weighted by atomic mass is 35.5.